The minimum Gasteiger partial charge on any atom is -0.465 e. The molecule has 1 aliphatic carbocycles. The lowest BCUT2D eigenvalue weighted by molar-refractivity contribution is -0.111. The fourth-order valence-electron chi connectivity index (χ4n) is 3.20. The number of carbonyl (C=O) groups is 2. The van der Waals surface area contributed by atoms with Crippen LogP contribution in [0.15, 0.2) is 53.4 Å². The van der Waals surface area contributed by atoms with Crippen molar-refractivity contribution in [2.45, 2.75) is 25.8 Å². The Bertz CT molecular complexity index is 1010. The average molecular weight is 393 g/mol. The fraction of sp³-hybridized carbons (Fsp3) is 0.190. The van der Waals surface area contributed by atoms with Crippen molar-refractivity contribution in [1.29, 1.82) is 0 Å². The molecule has 0 saturated heterocycles. The Balaban J connectivity index is 1.50. The van der Waals surface area contributed by atoms with Crippen LogP contribution in [-0.4, -0.2) is 16.8 Å². The van der Waals surface area contributed by atoms with Gasteiger partial charge in [0.25, 0.3) is 5.91 Å². The first kappa shape index (κ1) is 18.2. The van der Waals surface area contributed by atoms with Gasteiger partial charge in [0.1, 0.15) is 10.8 Å². The standard InChI is InChI=1S/C21H19N3O3S/c25-18(9-8-15-5-3-11-27-15)24-21-19(16-6-1-7-17(16)28-21)20(26)23-13-14-4-2-10-22-12-14/h2-5,8-12H,1,6-7,13H2,(H,23,26)(H,24,25)/b9-8+. The van der Waals surface area contributed by atoms with Gasteiger partial charge in [0.2, 0.25) is 5.91 Å². The van der Waals surface area contributed by atoms with Crippen molar-refractivity contribution in [2.24, 2.45) is 0 Å². The molecule has 28 heavy (non-hydrogen) atoms. The quantitative estimate of drug-likeness (QED) is 0.624. The van der Waals surface area contributed by atoms with E-state index < -0.39 is 0 Å². The largest absolute Gasteiger partial charge is 0.465 e. The zero-order chi connectivity index (χ0) is 19.3. The lowest BCUT2D eigenvalue weighted by Crippen LogP contribution is -2.24. The third-order valence-corrected chi connectivity index (χ3v) is 5.71. The summed E-state index contributed by atoms with van der Waals surface area (Å²) in [4.78, 5) is 30.4. The normalized spacial score (nSPS) is 12.9. The van der Waals surface area contributed by atoms with Crippen LogP contribution < -0.4 is 10.6 Å². The molecule has 3 aromatic rings. The van der Waals surface area contributed by atoms with Crippen molar-refractivity contribution in [3.63, 3.8) is 0 Å². The molecule has 0 bridgehead atoms. The lowest BCUT2D eigenvalue weighted by Gasteiger charge is -2.08. The number of aryl methyl sites for hydroxylation is 1. The second-order valence-corrected chi connectivity index (χ2v) is 7.55. The van der Waals surface area contributed by atoms with Crippen LogP contribution in [0.5, 0.6) is 0 Å². The maximum Gasteiger partial charge on any atom is 0.254 e. The van der Waals surface area contributed by atoms with Gasteiger partial charge in [-0.3, -0.25) is 14.6 Å². The second kappa shape index (κ2) is 8.22. The molecule has 2 amide bonds. The first-order chi connectivity index (χ1) is 13.7. The first-order valence-corrected chi connectivity index (χ1v) is 9.86. The van der Waals surface area contributed by atoms with E-state index in [0.29, 0.717) is 22.9 Å². The summed E-state index contributed by atoms with van der Waals surface area (Å²) in [5, 5.41) is 6.40. The van der Waals surface area contributed by atoms with Crippen LogP contribution in [0.4, 0.5) is 5.00 Å². The topological polar surface area (TPSA) is 84.2 Å². The highest BCUT2D eigenvalue weighted by atomic mass is 32.1. The number of fused-ring (bicyclic) bond motifs is 1. The Labute approximate surface area is 166 Å². The van der Waals surface area contributed by atoms with E-state index in [1.54, 1.807) is 36.9 Å². The number of amides is 2. The highest BCUT2D eigenvalue weighted by Gasteiger charge is 2.27. The van der Waals surface area contributed by atoms with Gasteiger partial charge >= 0.3 is 0 Å². The molecule has 0 atom stereocenters. The zero-order valence-corrected chi connectivity index (χ0v) is 15.9. The zero-order valence-electron chi connectivity index (χ0n) is 15.1. The molecule has 0 unspecified atom stereocenters. The summed E-state index contributed by atoms with van der Waals surface area (Å²) in [6.07, 6.45) is 10.8. The molecule has 4 rings (SSSR count). The van der Waals surface area contributed by atoms with Gasteiger partial charge in [-0.15, -0.1) is 11.3 Å². The van der Waals surface area contributed by atoms with Gasteiger partial charge in [-0.25, -0.2) is 0 Å². The van der Waals surface area contributed by atoms with E-state index in [2.05, 4.69) is 15.6 Å². The molecule has 142 valence electrons. The van der Waals surface area contributed by atoms with Crippen molar-refractivity contribution in [3.8, 4) is 0 Å². The van der Waals surface area contributed by atoms with Gasteiger partial charge in [0.15, 0.2) is 0 Å². The van der Waals surface area contributed by atoms with Gasteiger partial charge in [-0.2, -0.15) is 0 Å². The molecule has 3 heterocycles. The monoisotopic (exact) mass is 393 g/mol. The predicted octanol–water partition coefficient (Wildman–Crippen LogP) is 3.81. The van der Waals surface area contributed by atoms with Crippen LogP contribution in [0.3, 0.4) is 0 Å². The van der Waals surface area contributed by atoms with E-state index in [9.17, 15) is 9.59 Å². The van der Waals surface area contributed by atoms with Gasteiger partial charge in [-0.1, -0.05) is 6.07 Å². The van der Waals surface area contributed by atoms with E-state index in [1.807, 2.05) is 12.1 Å². The van der Waals surface area contributed by atoms with Crippen LogP contribution in [-0.2, 0) is 24.2 Å². The summed E-state index contributed by atoms with van der Waals surface area (Å²) in [6.45, 7) is 0.392. The molecule has 3 aromatic heterocycles. The van der Waals surface area contributed by atoms with Gasteiger partial charge in [-0.05, 0) is 54.7 Å². The van der Waals surface area contributed by atoms with E-state index in [-0.39, 0.29) is 11.8 Å². The molecule has 7 heteroatoms. The first-order valence-electron chi connectivity index (χ1n) is 9.05. The summed E-state index contributed by atoms with van der Waals surface area (Å²) in [6, 6.07) is 7.26. The third-order valence-electron chi connectivity index (χ3n) is 4.50. The van der Waals surface area contributed by atoms with Crippen molar-refractivity contribution >= 4 is 34.2 Å². The van der Waals surface area contributed by atoms with Crippen molar-refractivity contribution in [3.05, 3.63) is 76.3 Å². The van der Waals surface area contributed by atoms with Crippen LogP contribution in [0.1, 0.15) is 38.5 Å². The summed E-state index contributed by atoms with van der Waals surface area (Å²) in [5.74, 6) is 0.129. The maximum absolute atomic E-state index is 12.9. The molecule has 0 aromatic carbocycles. The fourth-order valence-corrected chi connectivity index (χ4v) is 4.49. The van der Waals surface area contributed by atoms with Crippen molar-refractivity contribution in [2.75, 3.05) is 5.32 Å². The van der Waals surface area contributed by atoms with E-state index in [0.717, 1.165) is 30.4 Å². The lowest BCUT2D eigenvalue weighted by atomic mass is 10.1. The number of thiophene rings is 1. The van der Waals surface area contributed by atoms with Crippen LogP contribution in [0.25, 0.3) is 6.08 Å². The molecular weight excluding hydrogens is 374 g/mol. The molecule has 0 aliphatic heterocycles. The number of carbonyl (C=O) groups excluding carboxylic acids is 2. The molecular formula is C21H19N3O3S. The number of nitrogens with zero attached hydrogens (tertiary/aromatic N) is 1. The highest BCUT2D eigenvalue weighted by Crippen LogP contribution is 2.39. The molecule has 0 radical (unpaired) electrons. The number of rotatable bonds is 6. The number of furan rings is 1. The maximum atomic E-state index is 12.9. The van der Waals surface area contributed by atoms with Crippen LogP contribution in [0, 0.1) is 0 Å². The Kier molecular flexibility index (Phi) is 5.34. The van der Waals surface area contributed by atoms with E-state index >= 15 is 0 Å². The SMILES string of the molecule is O=C(/C=C/c1ccco1)Nc1sc2c(c1C(=O)NCc1cccnc1)CCC2. The van der Waals surface area contributed by atoms with Crippen molar-refractivity contribution in [1.82, 2.24) is 10.3 Å². The summed E-state index contributed by atoms with van der Waals surface area (Å²) in [7, 11) is 0. The van der Waals surface area contributed by atoms with Gasteiger partial charge in [0, 0.05) is 29.9 Å². The van der Waals surface area contributed by atoms with Gasteiger partial charge < -0.3 is 15.1 Å². The van der Waals surface area contributed by atoms with E-state index in [1.165, 1.54) is 22.3 Å². The Morgan fingerprint density at radius 1 is 1.25 bits per heavy atom. The number of anilines is 1. The number of nitrogens with one attached hydrogen (secondary N) is 2. The summed E-state index contributed by atoms with van der Waals surface area (Å²) < 4.78 is 5.19. The Morgan fingerprint density at radius 2 is 2.18 bits per heavy atom. The average Bonchev–Trinajstić information content (AvgIpc) is 3.43. The van der Waals surface area contributed by atoms with E-state index in [4.69, 9.17) is 4.42 Å². The van der Waals surface area contributed by atoms with Crippen LogP contribution >= 0.6 is 11.3 Å². The summed E-state index contributed by atoms with van der Waals surface area (Å²) >= 11 is 1.49. The Morgan fingerprint density at radius 3 is 2.96 bits per heavy atom. The van der Waals surface area contributed by atoms with Gasteiger partial charge in [0.05, 0.1) is 11.8 Å². The molecule has 2 N–H and O–H groups in total. The number of pyridine rings is 1. The minimum atomic E-state index is -0.294. The third kappa shape index (κ3) is 4.04. The molecule has 0 spiro atoms. The molecule has 1 aliphatic rings. The molecule has 0 fully saturated rings. The Hall–Kier alpha value is -3.19. The smallest absolute Gasteiger partial charge is 0.254 e. The highest BCUT2D eigenvalue weighted by molar-refractivity contribution is 7.17. The number of hydrogen-bond acceptors (Lipinski definition) is 5. The van der Waals surface area contributed by atoms with Crippen molar-refractivity contribution < 1.29 is 14.0 Å². The summed E-state index contributed by atoms with van der Waals surface area (Å²) in [5.41, 5.74) is 2.56. The molecule has 6 nitrogen and oxygen atoms in total. The predicted molar refractivity (Wildman–Crippen MR) is 108 cm³/mol. The molecule has 0 saturated carbocycles. The number of aromatic nitrogens is 1. The second-order valence-electron chi connectivity index (χ2n) is 6.44. The van der Waals surface area contributed by atoms with Crippen LogP contribution in [0.2, 0.25) is 0 Å². The number of hydrogen-bond donors (Lipinski definition) is 2. The minimum absolute atomic E-state index is 0.173.